The maximum atomic E-state index is 10.2. The van der Waals surface area contributed by atoms with E-state index in [9.17, 15) is 5.11 Å². The lowest BCUT2D eigenvalue weighted by molar-refractivity contribution is 0.252. The molecule has 6 nitrogen and oxygen atoms in total. The molecule has 4 rings (SSSR count). The smallest absolute Gasteiger partial charge is 0.238 e. The van der Waals surface area contributed by atoms with Crippen LogP contribution >= 0.6 is 24.8 Å². The van der Waals surface area contributed by atoms with Gasteiger partial charge in [0.2, 0.25) is 11.8 Å². The van der Waals surface area contributed by atoms with Crippen LogP contribution in [0.4, 0.5) is 11.8 Å². The van der Waals surface area contributed by atoms with Gasteiger partial charge in [0, 0.05) is 29.6 Å². The fourth-order valence-corrected chi connectivity index (χ4v) is 3.70. The van der Waals surface area contributed by atoms with E-state index in [0.29, 0.717) is 35.3 Å². The summed E-state index contributed by atoms with van der Waals surface area (Å²) in [6, 6.07) is 4.23. The molecule has 27 heavy (non-hydrogen) atoms. The Balaban J connectivity index is 0.00000131. The van der Waals surface area contributed by atoms with E-state index in [-0.39, 0.29) is 30.7 Å². The topological polar surface area (TPSA) is 86.2 Å². The highest BCUT2D eigenvalue weighted by Gasteiger charge is 2.27. The Morgan fingerprint density at radius 1 is 1.26 bits per heavy atom. The molecule has 3 N–H and O–H groups in total. The number of fused-ring (bicyclic) bond motifs is 1. The zero-order valence-electron chi connectivity index (χ0n) is 15.3. The van der Waals surface area contributed by atoms with Crippen LogP contribution < -0.4 is 5.32 Å². The summed E-state index contributed by atoms with van der Waals surface area (Å²) in [4.78, 5) is 16.0. The number of hydrogen-bond acceptors (Lipinski definition) is 5. The van der Waals surface area contributed by atoms with Crippen LogP contribution in [0.2, 0.25) is 0 Å². The number of aromatic hydroxyl groups is 1. The summed E-state index contributed by atoms with van der Waals surface area (Å²) < 4.78 is 0. The number of nitrogens with one attached hydrogen (secondary N) is 2. The molecule has 0 saturated heterocycles. The number of aromatic amines is 1. The molecule has 1 fully saturated rings. The fourth-order valence-electron chi connectivity index (χ4n) is 3.70. The van der Waals surface area contributed by atoms with Crippen LogP contribution in [0, 0.1) is 11.8 Å². The molecule has 8 heteroatoms. The standard InChI is InChI=1S/C19H23N5O.2ClH/c1-11-5-3-7-15(12(11)2)22-19-23-16(18(25)24-19)9-13-10-21-17-14(13)6-4-8-20-17;;/h4,6,8-12,15,25H,3,5,7H2,1-2H3,(H2,22,23,24);2*1H. The van der Waals surface area contributed by atoms with Crippen molar-refractivity contribution in [2.75, 3.05) is 5.32 Å². The number of aliphatic imine (C=N–C) groups is 1. The lowest BCUT2D eigenvalue weighted by Crippen LogP contribution is -2.35. The second-order valence-corrected chi connectivity index (χ2v) is 7.07. The Bertz CT molecular complexity index is 848. The van der Waals surface area contributed by atoms with Gasteiger partial charge < -0.3 is 15.4 Å². The normalized spacial score (nSPS) is 24.8. The van der Waals surface area contributed by atoms with Crippen LogP contribution in [0.25, 0.3) is 11.6 Å². The first kappa shape index (κ1) is 21.3. The van der Waals surface area contributed by atoms with Crippen molar-refractivity contribution < 1.29 is 5.11 Å². The Kier molecular flexibility index (Phi) is 6.89. The van der Waals surface area contributed by atoms with E-state index in [2.05, 4.69) is 39.1 Å². The maximum Gasteiger partial charge on any atom is 0.238 e. The van der Waals surface area contributed by atoms with Gasteiger partial charge in [0.25, 0.3) is 0 Å². The molecule has 3 heterocycles. The third kappa shape index (κ3) is 4.28. The van der Waals surface area contributed by atoms with Gasteiger partial charge in [0.1, 0.15) is 5.69 Å². The minimum Gasteiger partial charge on any atom is -0.492 e. The first-order valence-corrected chi connectivity index (χ1v) is 8.88. The van der Waals surface area contributed by atoms with Crippen LogP contribution in [0.3, 0.4) is 0 Å². The molecule has 0 spiro atoms. The molecule has 1 saturated carbocycles. The lowest BCUT2D eigenvalue weighted by Gasteiger charge is -2.34. The van der Waals surface area contributed by atoms with Gasteiger partial charge >= 0.3 is 0 Å². The SMILES string of the molecule is CC1CCCC(Nc2nc(O)c(C=C3C=Nc4ncccc43)[nH]2)C1C.Cl.Cl. The summed E-state index contributed by atoms with van der Waals surface area (Å²) >= 11 is 0. The number of aromatic nitrogens is 3. The first-order valence-electron chi connectivity index (χ1n) is 8.88. The highest BCUT2D eigenvalue weighted by atomic mass is 35.5. The minimum absolute atomic E-state index is 0. The Hall–Kier alpha value is -2.05. The Morgan fingerprint density at radius 3 is 2.89 bits per heavy atom. The van der Waals surface area contributed by atoms with E-state index in [1.54, 1.807) is 12.4 Å². The first-order chi connectivity index (χ1) is 12.1. The van der Waals surface area contributed by atoms with Gasteiger partial charge in [-0.2, -0.15) is 4.98 Å². The molecule has 1 aliphatic carbocycles. The number of halogens is 2. The lowest BCUT2D eigenvalue weighted by atomic mass is 9.78. The predicted octanol–water partition coefficient (Wildman–Crippen LogP) is 4.85. The summed E-state index contributed by atoms with van der Waals surface area (Å²) in [5.74, 6) is 2.61. The number of nitrogens with zero attached hydrogens (tertiary/aromatic N) is 3. The van der Waals surface area contributed by atoms with Crippen LogP contribution in [0.15, 0.2) is 23.3 Å². The second kappa shape index (κ2) is 8.76. The molecular formula is C19H25Cl2N5O. The van der Waals surface area contributed by atoms with Crippen molar-refractivity contribution in [2.24, 2.45) is 16.8 Å². The van der Waals surface area contributed by atoms with Gasteiger partial charge in [-0.25, -0.2) is 9.98 Å². The number of H-pyrrole nitrogens is 1. The molecule has 2 aromatic rings. The monoisotopic (exact) mass is 409 g/mol. The summed E-state index contributed by atoms with van der Waals surface area (Å²) in [5.41, 5.74) is 2.45. The third-order valence-electron chi connectivity index (χ3n) is 5.46. The molecule has 0 aromatic carbocycles. The van der Waals surface area contributed by atoms with Crippen molar-refractivity contribution in [1.82, 2.24) is 15.0 Å². The molecule has 0 radical (unpaired) electrons. The van der Waals surface area contributed by atoms with Crippen molar-refractivity contribution in [2.45, 2.75) is 39.2 Å². The van der Waals surface area contributed by atoms with Gasteiger partial charge in [-0.1, -0.05) is 26.7 Å². The van der Waals surface area contributed by atoms with E-state index in [0.717, 1.165) is 17.6 Å². The maximum absolute atomic E-state index is 10.2. The molecule has 0 amide bonds. The summed E-state index contributed by atoms with van der Waals surface area (Å²) in [7, 11) is 0. The van der Waals surface area contributed by atoms with Crippen molar-refractivity contribution >= 4 is 54.4 Å². The largest absolute Gasteiger partial charge is 0.492 e. The number of rotatable bonds is 3. The molecular weight excluding hydrogens is 385 g/mol. The van der Waals surface area contributed by atoms with Crippen molar-refractivity contribution in [3.8, 4) is 5.88 Å². The quantitative estimate of drug-likeness (QED) is 0.676. The molecule has 3 atom stereocenters. The van der Waals surface area contributed by atoms with Crippen molar-refractivity contribution in [3.05, 3.63) is 29.6 Å². The van der Waals surface area contributed by atoms with Gasteiger partial charge in [-0.05, 0) is 36.5 Å². The minimum atomic E-state index is -0.00255. The predicted molar refractivity (Wildman–Crippen MR) is 115 cm³/mol. The molecule has 2 aliphatic rings. The molecule has 0 bridgehead atoms. The molecule has 2 aromatic heterocycles. The van der Waals surface area contributed by atoms with E-state index in [1.165, 1.54) is 12.8 Å². The van der Waals surface area contributed by atoms with Gasteiger partial charge in [0.15, 0.2) is 5.82 Å². The van der Waals surface area contributed by atoms with Crippen molar-refractivity contribution in [3.63, 3.8) is 0 Å². The molecule has 1 aliphatic heterocycles. The highest BCUT2D eigenvalue weighted by molar-refractivity contribution is 6.20. The number of imidazole rings is 1. The summed E-state index contributed by atoms with van der Waals surface area (Å²) in [5, 5.41) is 13.7. The van der Waals surface area contributed by atoms with Crippen LogP contribution in [-0.2, 0) is 0 Å². The van der Waals surface area contributed by atoms with E-state index < -0.39 is 0 Å². The zero-order valence-corrected chi connectivity index (χ0v) is 17.0. The van der Waals surface area contributed by atoms with Crippen LogP contribution in [-0.4, -0.2) is 32.3 Å². The second-order valence-electron chi connectivity index (χ2n) is 7.07. The molecule has 3 unspecified atom stereocenters. The molecule has 146 valence electrons. The number of hydrogen-bond donors (Lipinski definition) is 3. The summed E-state index contributed by atoms with van der Waals surface area (Å²) in [6.45, 7) is 4.59. The Morgan fingerprint density at radius 2 is 2.07 bits per heavy atom. The Labute approximate surface area is 171 Å². The zero-order chi connectivity index (χ0) is 17.4. The number of anilines is 1. The van der Waals surface area contributed by atoms with E-state index in [1.807, 2.05) is 18.2 Å². The third-order valence-corrected chi connectivity index (χ3v) is 5.46. The van der Waals surface area contributed by atoms with Gasteiger partial charge in [-0.15, -0.1) is 24.8 Å². The summed E-state index contributed by atoms with van der Waals surface area (Å²) in [6.07, 6.45) is 8.99. The van der Waals surface area contributed by atoms with E-state index in [4.69, 9.17) is 0 Å². The number of pyridine rings is 1. The van der Waals surface area contributed by atoms with Crippen molar-refractivity contribution in [1.29, 1.82) is 0 Å². The van der Waals surface area contributed by atoms with Gasteiger partial charge in [0.05, 0.1) is 0 Å². The fraction of sp³-hybridized carbons (Fsp3) is 0.421. The van der Waals surface area contributed by atoms with Crippen LogP contribution in [0.5, 0.6) is 5.88 Å². The van der Waals surface area contributed by atoms with Gasteiger partial charge in [-0.3, -0.25) is 0 Å². The average molecular weight is 410 g/mol. The van der Waals surface area contributed by atoms with E-state index >= 15 is 0 Å². The average Bonchev–Trinajstić information content (AvgIpc) is 3.16. The van der Waals surface area contributed by atoms with Crippen LogP contribution in [0.1, 0.15) is 44.4 Å². The number of allylic oxidation sites excluding steroid dienone is 1. The highest BCUT2D eigenvalue weighted by Crippen LogP contribution is 2.33.